The molecule has 4 nitrogen and oxygen atoms in total. The molecule has 0 saturated heterocycles. The number of rotatable bonds is 3. The van der Waals surface area contributed by atoms with Crippen molar-refractivity contribution >= 4 is 23.4 Å². The van der Waals surface area contributed by atoms with Gasteiger partial charge in [-0.2, -0.15) is 0 Å². The van der Waals surface area contributed by atoms with E-state index >= 15 is 0 Å². The van der Waals surface area contributed by atoms with Crippen molar-refractivity contribution in [1.29, 1.82) is 0 Å². The first-order valence-electron chi connectivity index (χ1n) is 8.26. The van der Waals surface area contributed by atoms with Crippen molar-refractivity contribution in [2.24, 2.45) is 0 Å². The van der Waals surface area contributed by atoms with Gasteiger partial charge in [-0.25, -0.2) is 4.79 Å². The predicted molar refractivity (Wildman–Crippen MR) is 101 cm³/mol. The highest BCUT2D eigenvalue weighted by Gasteiger charge is 2.27. The predicted octanol–water partition coefficient (Wildman–Crippen LogP) is 5.83. The summed E-state index contributed by atoms with van der Waals surface area (Å²) in [7, 11) is 0. The third kappa shape index (κ3) is 3.37. The maximum absolute atomic E-state index is 12.2. The van der Waals surface area contributed by atoms with Crippen molar-refractivity contribution in [1.82, 2.24) is 0 Å². The molecule has 0 fully saturated rings. The van der Waals surface area contributed by atoms with Gasteiger partial charge < -0.3 is 9.47 Å². The van der Waals surface area contributed by atoms with E-state index < -0.39 is 6.09 Å². The molecule has 5 heteroatoms. The van der Waals surface area contributed by atoms with Crippen molar-refractivity contribution in [2.75, 3.05) is 11.9 Å². The van der Waals surface area contributed by atoms with Crippen LogP contribution in [-0.2, 0) is 4.74 Å². The van der Waals surface area contributed by atoms with Crippen LogP contribution in [0, 0.1) is 0 Å². The lowest BCUT2D eigenvalue weighted by atomic mass is 9.89. The van der Waals surface area contributed by atoms with Gasteiger partial charge in [-0.1, -0.05) is 48.0 Å². The number of fused-ring (bicyclic) bond motifs is 2. The lowest BCUT2D eigenvalue weighted by molar-refractivity contribution is 0.156. The van der Waals surface area contributed by atoms with Crippen molar-refractivity contribution in [2.45, 2.75) is 5.92 Å². The molecular formula is C21H16ClNO3. The first-order chi connectivity index (χ1) is 12.7. The Morgan fingerprint density at radius 2 is 1.50 bits per heavy atom. The molecule has 0 radical (unpaired) electrons. The summed E-state index contributed by atoms with van der Waals surface area (Å²) in [5, 5.41) is 3.32. The van der Waals surface area contributed by atoms with E-state index in [4.69, 9.17) is 21.1 Å². The van der Waals surface area contributed by atoms with Crippen molar-refractivity contribution < 1.29 is 14.3 Å². The Morgan fingerprint density at radius 3 is 2.12 bits per heavy atom. The van der Waals surface area contributed by atoms with Gasteiger partial charge >= 0.3 is 6.09 Å². The molecular weight excluding hydrogens is 350 g/mol. The molecule has 1 amide bonds. The summed E-state index contributed by atoms with van der Waals surface area (Å²) in [4.78, 5) is 12.2. The van der Waals surface area contributed by atoms with E-state index in [1.165, 1.54) is 0 Å². The molecule has 0 aliphatic carbocycles. The fourth-order valence-electron chi connectivity index (χ4n) is 3.03. The summed E-state index contributed by atoms with van der Waals surface area (Å²) in [5.41, 5.74) is 2.64. The Labute approximate surface area is 156 Å². The number of nitrogens with one attached hydrogen (secondary N) is 1. The minimum absolute atomic E-state index is 0.0767. The third-order valence-corrected chi connectivity index (χ3v) is 4.53. The molecule has 1 heterocycles. The van der Waals surface area contributed by atoms with E-state index in [9.17, 15) is 4.79 Å². The molecule has 4 rings (SSSR count). The molecule has 1 aliphatic heterocycles. The average molecular weight is 366 g/mol. The van der Waals surface area contributed by atoms with Gasteiger partial charge in [0.25, 0.3) is 0 Å². The Balaban J connectivity index is 1.51. The van der Waals surface area contributed by atoms with Crippen LogP contribution < -0.4 is 10.1 Å². The molecule has 130 valence electrons. The highest BCUT2D eigenvalue weighted by molar-refractivity contribution is 6.30. The van der Waals surface area contributed by atoms with Crippen molar-refractivity contribution in [3.63, 3.8) is 0 Å². The largest absolute Gasteiger partial charge is 0.457 e. The number of amides is 1. The van der Waals surface area contributed by atoms with Crippen molar-refractivity contribution in [3.05, 3.63) is 88.9 Å². The molecule has 3 aromatic carbocycles. The fourth-order valence-corrected chi connectivity index (χ4v) is 3.16. The van der Waals surface area contributed by atoms with Gasteiger partial charge in [0.1, 0.15) is 18.1 Å². The van der Waals surface area contributed by atoms with Gasteiger partial charge in [0.2, 0.25) is 0 Å². The van der Waals surface area contributed by atoms with Crippen LogP contribution in [0.15, 0.2) is 72.8 Å². The molecule has 0 aromatic heterocycles. The quantitative estimate of drug-likeness (QED) is 0.635. The second kappa shape index (κ2) is 7.10. The summed E-state index contributed by atoms with van der Waals surface area (Å²) in [6.45, 7) is 0.219. The van der Waals surface area contributed by atoms with Crippen molar-refractivity contribution in [3.8, 4) is 11.5 Å². The molecule has 1 aliphatic rings. The zero-order valence-electron chi connectivity index (χ0n) is 13.8. The minimum atomic E-state index is -0.506. The number of para-hydroxylation sites is 2. The summed E-state index contributed by atoms with van der Waals surface area (Å²) in [6, 6.07) is 22.5. The van der Waals surface area contributed by atoms with Gasteiger partial charge in [0.05, 0.1) is 5.92 Å². The lowest BCUT2D eigenvalue weighted by Gasteiger charge is -2.27. The number of halogens is 1. The lowest BCUT2D eigenvalue weighted by Crippen LogP contribution is -2.20. The van der Waals surface area contributed by atoms with Crippen LogP contribution >= 0.6 is 11.6 Å². The standard InChI is InChI=1S/C21H16ClNO3/c22-14-9-11-15(12-10-14)23-21(24)25-13-18-16-5-1-3-7-19(16)26-20-8-4-2-6-17(18)20/h1-12,18H,13H2,(H,23,24). The maximum Gasteiger partial charge on any atom is 0.411 e. The van der Waals surface area contributed by atoms with Crippen LogP contribution in [0.3, 0.4) is 0 Å². The van der Waals surface area contributed by atoms with Crippen LogP contribution in [0.4, 0.5) is 10.5 Å². The summed E-state index contributed by atoms with van der Waals surface area (Å²) >= 11 is 5.85. The molecule has 0 spiro atoms. The van der Waals surface area contributed by atoms with Crippen LogP contribution in [-0.4, -0.2) is 12.7 Å². The number of anilines is 1. The van der Waals surface area contributed by atoms with Crippen LogP contribution in [0.25, 0.3) is 0 Å². The Hall–Kier alpha value is -2.98. The number of benzene rings is 3. The number of carbonyl (C=O) groups excluding carboxylic acids is 1. The van der Waals surface area contributed by atoms with Gasteiger partial charge in [0.15, 0.2) is 0 Å². The van der Waals surface area contributed by atoms with Crippen LogP contribution in [0.1, 0.15) is 17.0 Å². The molecule has 26 heavy (non-hydrogen) atoms. The highest BCUT2D eigenvalue weighted by Crippen LogP contribution is 2.43. The molecule has 3 aromatic rings. The van der Waals surface area contributed by atoms with Gasteiger partial charge in [0, 0.05) is 21.8 Å². The van der Waals surface area contributed by atoms with Crippen LogP contribution in [0.5, 0.6) is 11.5 Å². The smallest absolute Gasteiger partial charge is 0.411 e. The number of ether oxygens (including phenoxy) is 2. The maximum atomic E-state index is 12.2. The van der Waals surface area contributed by atoms with E-state index in [0.29, 0.717) is 10.7 Å². The van der Waals surface area contributed by atoms with E-state index in [0.717, 1.165) is 22.6 Å². The summed E-state index contributed by atoms with van der Waals surface area (Å²) in [6.07, 6.45) is -0.506. The zero-order chi connectivity index (χ0) is 17.9. The molecule has 0 atom stereocenters. The first-order valence-corrected chi connectivity index (χ1v) is 8.63. The molecule has 1 N–H and O–H groups in total. The highest BCUT2D eigenvalue weighted by atomic mass is 35.5. The third-order valence-electron chi connectivity index (χ3n) is 4.28. The molecule has 0 bridgehead atoms. The Morgan fingerprint density at radius 1 is 0.923 bits per heavy atom. The number of hydrogen-bond acceptors (Lipinski definition) is 3. The fraction of sp³-hybridized carbons (Fsp3) is 0.0952. The normalized spacial score (nSPS) is 12.5. The van der Waals surface area contributed by atoms with Gasteiger partial charge in [-0.3, -0.25) is 5.32 Å². The molecule has 0 unspecified atom stereocenters. The molecule has 0 saturated carbocycles. The number of hydrogen-bond donors (Lipinski definition) is 1. The van der Waals surface area contributed by atoms with Gasteiger partial charge in [-0.15, -0.1) is 0 Å². The zero-order valence-corrected chi connectivity index (χ0v) is 14.6. The van der Waals surface area contributed by atoms with E-state index in [-0.39, 0.29) is 12.5 Å². The Kier molecular flexibility index (Phi) is 4.50. The Bertz CT molecular complexity index is 894. The summed E-state index contributed by atoms with van der Waals surface area (Å²) in [5.74, 6) is 1.50. The number of carbonyl (C=O) groups is 1. The van der Waals surface area contributed by atoms with E-state index in [1.807, 2.05) is 48.5 Å². The topological polar surface area (TPSA) is 47.6 Å². The monoisotopic (exact) mass is 365 g/mol. The minimum Gasteiger partial charge on any atom is -0.457 e. The second-order valence-corrected chi connectivity index (χ2v) is 6.40. The first kappa shape index (κ1) is 16.5. The van der Waals surface area contributed by atoms with Crippen LogP contribution in [0.2, 0.25) is 5.02 Å². The van der Waals surface area contributed by atoms with E-state index in [1.54, 1.807) is 24.3 Å². The average Bonchev–Trinajstić information content (AvgIpc) is 2.67. The SMILES string of the molecule is O=C(Nc1ccc(Cl)cc1)OCC1c2ccccc2Oc2ccccc21. The van der Waals surface area contributed by atoms with Gasteiger partial charge in [-0.05, 0) is 36.4 Å². The second-order valence-electron chi connectivity index (χ2n) is 5.96. The van der Waals surface area contributed by atoms with E-state index in [2.05, 4.69) is 5.32 Å². The summed E-state index contributed by atoms with van der Waals surface area (Å²) < 4.78 is 11.4.